The molecule has 0 spiro atoms. The number of allylic oxidation sites excluding steroid dienone is 1. The standard InChI is InChI=1S/C15H14N2O2/c1-2-19-15(18)4-3-8-17-9-7-13-10-12(11-16)5-6-14(13)17/h3-7,9-10H,2,8H2,1H3/b4-3+. The Morgan fingerprint density at radius 3 is 3.05 bits per heavy atom. The molecule has 0 saturated heterocycles. The average Bonchev–Trinajstić information content (AvgIpc) is 2.81. The van der Waals surface area contributed by atoms with E-state index in [4.69, 9.17) is 10.00 Å². The average molecular weight is 254 g/mol. The van der Waals surface area contributed by atoms with Gasteiger partial charge in [0, 0.05) is 29.7 Å². The highest BCUT2D eigenvalue weighted by Gasteiger charge is 2.01. The molecule has 0 fully saturated rings. The van der Waals surface area contributed by atoms with Crippen LogP contribution in [-0.4, -0.2) is 17.1 Å². The van der Waals surface area contributed by atoms with E-state index in [0.29, 0.717) is 18.7 Å². The smallest absolute Gasteiger partial charge is 0.330 e. The van der Waals surface area contributed by atoms with Crippen molar-refractivity contribution in [1.29, 1.82) is 5.26 Å². The number of fused-ring (bicyclic) bond motifs is 1. The first kappa shape index (κ1) is 12.9. The maximum Gasteiger partial charge on any atom is 0.330 e. The topological polar surface area (TPSA) is 55.0 Å². The highest BCUT2D eigenvalue weighted by atomic mass is 16.5. The minimum absolute atomic E-state index is 0.328. The summed E-state index contributed by atoms with van der Waals surface area (Å²) in [6.45, 7) is 2.75. The summed E-state index contributed by atoms with van der Waals surface area (Å²) in [5.74, 6) is -0.328. The van der Waals surface area contributed by atoms with Crippen LogP contribution in [0.1, 0.15) is 12.5 Å². The number of ether oxygens (including phenoxy) is 1. The van der Waals surface area contributed by atoms with Crippen LogP contribution >= 0.6 is 0 Å². The second-order valence-electron chi connectivity index (χ2n) is 4.01. The Hall–Kier alpha value is -2.54. The monoisotopic (exact) mass is 254 g/mol. The van der Waals surface area contributed by atoms with E-state index >= 15 is 0 Å². The van der Waals surface area contributed by atoms with Crippen LogP contribution in [0.15, 0.2) is 42.6 Å². The number of rotatable bonds is 4. The SMILES string of the molecule is CCOC(=O)/C=C/Cn1ccc2cc(C#N)ccc21. The Balaban J connectivity index is 2.14. The van der Waals surface area contributed by atoms with Crippen molar-refractivity contribution in [2.75, 3.05) is 6.61 Å². The van der Waals surface area contributed by atoms with Crippen molar-refractivity contribution < 1.29 is 9.53 Å². The van der Waals surface area contributed by atoms with Gasteiger partial charge in [-0.1, -0.05) is 6.08 Å². The number of hydrogen-bond donors (Lipinski definition) is 0. The van der Waals surface area contributed by atoms with Crippen molar-refractivity contribution in [1.82, 2.24) is 4.57 Å². The summed E-state index contributed by atoms with van der Waals surface area (Å²) in [7, 11) is 0. The van der Waals surface area contributed by atoms with Gasteiger partial charge in [0.1, 0.15) is 0 Å². The van der Waals surface area contributed by atoms with E-state index in [1.807, 2.05) is 29.0 Å². The number of esters is 1. The van der Waals surface area contributed by atoms with Gasteiger partial charge >= 0.3 is 5.97 Å². The van der Waals surface area contributed by atoms with Gasteiger partial charge in [0.15, 0.2) is 0 Å². The van der Waals surface area contributed by atoms with Crippen LogP contribution in [0.2, 0.25) is 0 Å². The molecule has 0 unspecified atom stereocenters. The first-order chi connectivity index (χ1) is 9.24. The van der Waals surface area contributed by atoms with Crippen molar-refractivity contribution in [3.63, 3.8) is 0 Å². The lowest BCUT2D eigenvalue weighted by Gasteiger charge is -2.01. The van der Waals surface area contributed by atoms with Crippen molar-refractivity contribution in [3.05, 3.63) is 48.2 Å². The lowest BCUT2D eigenvalue weighted by molar-refractivity contribution is -0.137. The lowest BCUT2D eigenvalue weighted by atomic mass is 10.2. The van der Waals surface area contributed by atoms with E-state index < -0.39 is 0 Å². The van der Waals surface area contributed by atoms with Crippen LogP contribution in [0.3, 0.4) is 0 Å². The molecule has 0 radical (unpaired) electrons. The normalized spacial score (nSPS) is 10.7. The van der Waals surface area contributed by atoms with Crippen molar-refractivity contribution in [3.8, 4) is 6.07 Å². The molecule has 19 heavy (non-hydrogen) atoms. The van der Waals surface area contributed by atoms with E-state index in [2.05, 4.69) is 6.07 Å². The molecule has 1 heterocycles. The molecule has 0 N–H and O–H groups in total. The Kier molecular flexibility index (Phi) is 3.99. The zero-order valence-corrected chi connectivity index (χ0v) is 10.7. The number of aromatic nitrogens is 1. The van der Waals surface area contributed by atoms with Gasteiger partial charge in [0.2, 0.25) is 0 Å². The molecule has 96 valence electrons. The van der Waals surface area contributed by atoms with E-state index in [1.165, 1.54) is 6.08 Å². The predicted octanol–water partition coefficient (Wildman–Crippen LogP) is 2.63. The van der Waals surface area contributed by atoms with Gasteiger partial charge in [-0.3, -0.25) is 0 Å². The van der Waals surface area contributed by atoms with Gasteiger partial charge in [0.05, 0.1) is 18.2 Å². The van der Waals surface area contributed by atoms with Gasteiger partial charge in [-0.05, 0) is 31.2 Å². The van der Waals surface area contributed by atoms with Gasteiger partial charge in [-0.15, -0.1) is 0 Å². The van der Waals surface area contributed by atoms with Crippen LogP contribution in [0.5, 0.6) is 0 Å². The highest BCUT2D eigenvalue weighted by Crippen LogP contribution is 2.17. The third-order valence-corrected chi connectivity index (χ3v) is 2.74. The number of benzene rings is 1. The molecule has 4 heteroatoms. The summed E-state index contributed by atoms with van der Waals surface area (Å²) in [6.07, 6.45) is 5.12. The number of hydrogen-bond acceptors (Lipinski definition) is 3. The summed E-state index contributed by atoms with van der Waals surface area (Å²) >= 11 is 0. The van der Waals surface area contributed by atoms with Crippen LogP contribution in [0.4, 0.5) is 0 Å². The largest absolute Gasteiger partial charge is 0.463 e. The molecule has 0 atom stereocenters. The summed E-state index contributed by atoms with van der Waals surface area (Å²) in [5.41, 5.74) is 1.68. The van der Waals surface area contributed by atoms with Gasteiger partial charge in [-0.2, -0.15) is 5.26 Å². The maximum atomic E-state index is 11.2. The molecule has 2 aromatic rings. The van der Waals surface area contributed by atoms with Crippen molar-refractivity contribution >= 4 is 16.9 Å². The molecule has 0 bridgehead atoms. The minimum Gasteiger partial charge on any atom is -0.463 e. The lowest BCUT2D eigenvalue weighted by Crippen LogP contribution is -2.00. The van der Waals surface area contributed by atoms with Crippen molar-refractivity contribution in [2.45, 2.75) is 13.5 Å². The van der Waals surface area contributed by atoms with E-state index in [-0.39, 0.29) is 5.97 Å². The Morgan fingerprint density at radius 1 is 1.47 bits per heavy atom. The molecular weight excluding hydrogens is 240 g/mol. The maximum absolute atomic E-state index is 11.2. The second-order valence-corrected chi connectivity index (χ2v) is 4.01. The Bertz CT molecular complexity index is 662. The summed E-state index contributed by atoms with van der Waals surface area (Å²) < 4.78 is 6.81. The molecule has 1 aromatic heterocycles. The number of nitriles is 1. The molecule has 1 aromatic carbocycles. The van der Waals surface area contributed by atoms with Crippen LogP contribution in [0.25, 0.3) is 10.9 Å². The molecule has 0 aliphatic carbocycles. The molecule has 0 aliphatic rings. The fraction of sp³-hybridized carbons (Fsp3) is 0.200. The fourth-order valence-electron chi connectivity index (χ4n) is 1.88. The Morgan fingerprint density at radius 2 is 2.32 bits per heavy atom. The van der Waals surface area contributed by atoms with Gasteiger partial charge < -0.3 is 9.30 Å². The zero-order chi connectivity index (χ0) is 13.7. The predicted molar refractivity (Wildman–Crippen MR) is 72.4 cm³/mol. The highest BCUT2D eigenvalue weighted by molar-refractivity contribution is 5.83. The summed E-state index contributed by atoms with van der Waals surface area (Å²) in [5, 5.41) is 9.85. The zero-order valence-electron chi connectivity index (χ0n) is 10.7. The summed E-state index contributed by atoms with van der Waals surface area (Å²) in [4.78, 5) is 11.2. The van der Waals surface area contributed by atoms with Crippen LogP contribution in [0, 0.1) is 11.3 Å². The van der Waals surface area contributed by atoms with Gasteiger partial charge in [0.25, 0.3) is 0 Å². The molecular formula is C15H14N2O2. The van der Waals surface area contributed by atoms with Gasteiger partial charge in [-0.25, -0.2) is 4.79 Å². The fourth-order valence-corrected chi connectivity index (χ4v) is 1.88. The van der Waals surface area contributed by atoms with Crippen LogP contribution < -0.4 is 0 Å². The number of carbonyl (C=O) groups excluding carboxylic acids is 1. The second kappa shape index (κ2) is 5.87. The number of nitrogens with zero attached hydrogens (tertiary/aromatic N) is 2. The third kappa shape index (κ3) is 3.02. The molecule has 2 rings (SSSR count). The molecule has 4 nitrogen and oxygen atoms in total. The molecule has 0 aliphatic heterocycles. The quantitative estimate of drug-likeness (QED) is 0.622. The number of carbonyl (C=O) groups is 1. The van der Waals surface area contributed by atoms with E-state index in [1.54, 1.807) is 19.1 Å². The molecule has 0 saturated carbocycles. The first-order valence-corrected chi connectivity index (χ1v) is 6.07. The third-order valence-electron chi connectivity index (χ3n) is 2.74. The summed E-state index contributed by atoms with van der Waals surface area (Å²) in [6, 6.07) is 9.61. The minimum atomic E-state index is -0.328. The Labute approximate surface area is 111 Å². The van der Waals surface area contributed by atoms with E-state index in [9.17, 15) is 4.79 Å². The molecule has 0 amide bonds. The van der Waals surface area contributed by atoms with Crippen LogP contribution in [-0.2, 0) is 16.1 Å². The van der Waals surface area contributed by atoms with Crippen molar-refractivity contribution in [2.24, 2.45) is 0 Å². The first-order valence-electron chi connectivity index (χ1n) is 6.07. The van der Waals surface area contributed by atoms with E-state index in [0.717, 1.165) is 10.9 Å².